The summed E-state index contributed by atoms with van der Waals surface area (Å²) < 4.78 is 9.79. The van der Waals surface area contributed by atoms with Crippen molar-refractivity contribution in [2.75, 3.05) is 6.61 Å². The lowest BCUT2D eigenvalue weighted by Crippen LogP contribution is -2.12. The number of hydrogen-bond donors (Lipinski definition) is 1. The lowest BCUT2D eigenvalue weighted by atomic mass is 10.1. The van der Waals surface area contributed by atoms with E-state index in [1.807, 2.05) is 24.3 Å². The van der Waals surface area contributed by atoms with E-state index < -0.39 is 11.9 Å². The summed E-state index contributed by atoms with van der Waals surface area (Å²) in [5.41, 5.74) is 1.69. The fourth-order valence-corrected chi connectivity index (χ4v) is 1.84. The van der Waals surface area contributed by atoms with E-state index >= 15 is 0 Å². The number of ether oxygens (including phenoxy) is 2. The monoisotopic (exact) mass is 273 g/mol. The molecule has 2 aromatic rings. The van der Waals surface area contributed by atoms with Crippen LogP contribution in [0.4, 0.5) is 0 Å². The van der Waals surface area contributed by atoms with Gasteiger partial charge in [0.1, 0.15) is 0 Å². The average Bonchev–Trinajstić information content (AvgIpc) is 2.81. The van der Waals surface area contributed by atoms with Gasteiger partial charge in [-0.25, -0.2) is 4.79 Å². The Morgan fingerprint density at radius 2 is 2.05 bits per heavy atom. The number of carbonyl (C=O) groups excluding carboxylic acids is 2. The Morgan fingerprint density at radius 3 is 2.75 bits per heavy atom. The van der Waals surface area contributed by atoms with Crippen LogP contribution in [0.1, 0.15) is 19.4 Å². The molecule has 0 unspecified atom stereocenters. The van der Waals surface area contributed by atoms with Crippen molar-refractivity contribution in [3.63, 3.8) is 0 Å². The SMILES string of the molecule is CCOC(=O)C(=Cc1c[nH]c2ccccc12)OC(C)=O. The summed E-state index contributed by atoms with van der Waals surface area (Å²) in [6, 6.07) is 7.63. The van der Waals surface area contributed by atoms with Crippen molar-refractivity contribution in [3.8, 4) is 0 Å². The third-order valence-corrected chi connectivity index (χ3v) is 2.64. The largest absolute Gasteiger partial charge is 0.460 e. The van der Waals surface area contributed by atoms with Crippen molar-refractivity contribution < 1.29 is 19.1 Å². The molecule has 1 N–H and O–H groups in total. The van der Waals surface area contributed by atoms with Crippen LogP contribution in [0.2, 0.25) is 0 Å². The molecule has 0 amide bonds. The number of H-pyrrole nitrogens is 1. The molecule has 0 radical (unpaired) electrons. The third kappa shape index (κ3) is 3.06. The number of carbonyl (C=O) groups is 2. The summed E-state index contributed by atoms with van der Waals surface area (Å²) in [4.78, 5) is 25.9. The van der Waals surface area contributed by atoms with E-state index in [0.717, 1.165) is 16.5 Å². The molecule has 0 saturated heterocycles. The second-order valence-electron chi connectivity index (χ2n) is 4.11. The van der Waals surface area contributed by atoms with E-state index in [2.05, 4.69) is 4.98 Å². The molecule has 0 atom stereocenters. The number of fused-ring (bicyclic) bond motifs is 1. The zero-order valence-corrected chi connectivity index (χ0v) is 11.3. The summed E-state index contributed by atoms with van der Waals surface area (Å²) >= 11 is 0. The molecule has 5 heteroatoms. The Hall–Kier alpha value is -2.56. The van der Waals surface area contributed by atoms with Gasteiger partial charge in [0.05, 0.1) is 6.61 Å². The van der Waals surface area contributed by atoms with Gasteiger partial charge < -0.3 is 14.5 Å². The van der Waals surface area contributed by atoms with Gasteiger partial charge in [0.25, 0.3) is 0 Å². The molecule has 0 bridgehead atoms. The molecule has 0 fully saturated rings. The maximum atomic E-state index is 11.8. The third-order valence-electron chi connectivity index (χ3n) is 2.64. The maximum Gasteiger partial charge on any atom is 0.374 e. The van der Waals surface area contributed by atoms with Gasteiger partial charge in [0.15, 0.2) is 0 Å². The van der Waals surface area contributed by atoms with Crippen LogP contribution >= 0.6 is 0 Å². The van der Waals surface area contributed by atoms with Crippen LogP contribution in [0, 0.1) is 0 Å². The summed E-state index contributed by atoms with van der Waals surface area (Å²) in [6.45, 7) is 3.14. The molecule has 0 saturated carbocycles. The van der Waals surface area contributed by atoms with Crippen LogP contribution in [0.3, 0.4) is 0 Å². The highest BCUT2D eigenvalue weighted by Gasteiger charge is 2.15. The van der Waals surface area contributed by atoms with Gasteiger partial charge in [-0.05, 0) is 19.1 Å². The first kappa shape index (κ1) is 13.9. The summed E-state index contributed by atoms with van der Waals surface area (Å²) in [5.74, 6) is -1.35. The Labute approximate surface area is 116 Å². The van der Waals surface area contributed by atoms with Crippen molar-refractivity contribution in [1.82, 2.24) is 4.98 Å². The number of aromatic nitrogens is 1. The number of nitrogens with one attached hydrogen (secondary N) is 1. The highest BCUT2D eigenvalue weighted by molar-refractivity contribution is 5.98. The Kier molecular flexibility index (Phi) is 4.20. The van der Waals surface area contributed by atoms with Crippen LogP contribution in [0.25, 0.3) is 17.0 Å². The molecule has 0 aliphatic rings. The fourth-order valence-electron chi connectivity index (χ4n) is 1.84. The second kappa shape index (κ2) is 6.06. The van der Waals surface area contributed by atoms with Gasteiger partial charge in [-0.1, -0.05) is 18.2 Å². The van der Waals surface area contributed by atoms with Gasteiger partial charge in [-0.2, -0.15) is 0 Å². The molecule has 104 valence electrons. The molecule has 0 aliphatic heterocycles. The predicted molar refractivity (Wildman–Crippen MR) is 74.7 cm³/mol. The number of esters is 2. The molecule has 1 aromatic carbocycles. The van der Waals surface area contributed by atoms with E-state index in [1.54, 1.807) is 13.1 Å². The van der Waals surface area contributed by atoms with Crippen molar-refractivity contribution in [3.05, 3.63) is 41.8 Å². The molecule has 20 heavy (non-hydrogen) atoms. The van der Waals surface area contributed by atoms with Crippen molar-refractivity contribution >= 4 is 28.9 Å². The summed E-state index contributed by atoms with van der Waals surface area (Å²) in [7, 11) is 0. The zero-order chi connectivity index (χ0) is 14.5. The zero-order valence-electron chi connectivity index (χ0n) is 11.3. The smallest absolute Gasteiger partial charge is 0.374 e. The lowest BCUT2D eigenvalue weighted by Gasteiger charge is -2.06. The highest BCUT2D eigenvalue weighted by Crippen LogP contribution is 2.21. The predicted octanol–water partition coefficient (Wildman–Crippen LogP) is 2.64. The van der Waals surface area contributed by atoms with E-state index in [-0.39, 0.29) is 12.4 Å². The minimum Gasteiger partial charge on any atom is -0.460 e. The Bertz CT molecular complexity index is 669. The molecule has 1 heterocycles. The number of rotatable bonds is 4. The fraction of sp³-hybridized carbons (Fsp3) is 0.200. The van der Waals surface area contributed by atoms with Crippen molar-refractivity contribution in [2.24, 2.45) is 0 Å². The minimum absolute atomic E-state index is 0.121. The van der Waals surface area contributed by atoms with E-state index in [9.17, 15) is 9.59 Å². The highest BCUT2D eigenvalue weighted by atomic mass is 16.6. The number of para-hydroxylation sites is 1. The second-order valence-corrected chi connectivity index (χ2v) is 4.11. The average molecular weight is 273 g/mol. The standard InChI is InChI=1S/C15H15NO4/c1-3-19-15(18)14(20-10(2)17)8-11-9-16-13-7-5-4-6-12(11)13/h4-9,16H,3H2,1-2H3. The van der Waals surface area contributed by atoms with E-state index in [4.69, 9.17) is 9.47 Å². The molecule has 5 nitrogen and oxygen atoms in total. The lowest BCUT2D eigenvalue weighted by molar-refractivity contribution is -0.149. The first-order chi connectivity index (χ1) is 9.61. The van der Waals surface area contributed by atoms with Gasteiger partial charge in [0, 0.05) is 29.6 Å². The van der Waals surface area contributed by atoms with Crippen LogP contribution in [0.15, 0.2) is 36.2 Å². The van der Waals surface area contributed by atoms with Gasteiger partial charge in [-0.15, -0.1) is 0 Å². The number of aromatic amines is 1. The minimum atomic E-state index is -0.659. The normalized spacial score (nSPS) is 11.4. The molecular weight excluding hydrogens is 258 g/mol. The Morgan fingerprint density at radius 1 is 1.30 bits per heavy atom. The van der Waals surface area contributed by atoms with E-state index in [1.165, 1.54) is 13.0 Å². The van der Waals surface area contributed by atoms with Crippen molar-refractivity contribution in [1.29, 1.82) is 0 Å². The molecule has 2 rings (SSSR count). The number of benzene rings is 1. The molecule has 0 spiro atoms. The molecule has 0 aliphatic carbocycles. The van der Waals surface area contributed by atoms with E-state index in [0.29, 0.717) is 0 Å². The summed E-state index contributed by atoms with van der Waals surface area (Å²) in [5, 5.41) is 0.932. The van der Waals surface area contributed by atoms with Gasteiger partial charge in [0.2, 0.25) is 5.76 Å². The van der Waals surface area contributed by atoms with Gasteiger partial charge in [-0.3, -0.25) is 4.79 Å². The van der Waals surface area contributed by atoms with Crippen LogP contribution in [0.5, 0.6) is 0 Å². The maximum absolute atomic E-state index is 11.8. The first-order valence-electron chi connectivity index (χ1n) is 6.25. The van der Waals surface area contributed by atoms with Crippen molar-refractivity contribution in [2.45, 2.75) is 13.8 Å². The first-order valence-corrected chi connectivity index (χ1v) is 6.25. The quantitative estimate of drug-likeness (QED) is 0.528. The molecular formula is C15H15NO4. The van der Waals surface area contributed by atoms with Crippen LogP contribution in [-0.4, -0.2) is 23.5 Å². The van der Waals surface area contributed by atoms with Gasteiger partial charge >= 0.3 is 11.9 Å². The summed E-state index contributed by atoms with van der Waals surface area (Å²) in [6.07, 6.45) is 3.24. The topological polar surface area (TPSA) is 68.4 Å². The number of hydrogen-bond acceptors (Lipinski definition) is 4. The van der Waals surface area contributed by atoms with Crippen LogP contribution in [-0.2, 0) is 19.1 Å². The Balaban J connectivity index is 2.41. The van der Waals surface area contributed by atoms with Crippen LogP contribution < -0.4 is 0 Å². The molecule has 1 aromatic heterocycles.